The summed E-state index contributed by atoms with van der Waals surface area (Å²) in [6.07, 6.45) is 2.76. The molecule has 1 N–H and O–H groups in total. The van der Waals surface area contributed by atoms with Gasteiger partial charge in [-0.3, -0.25) is 4.79 Å². The minimum absolute atomic E-state index is 0.0411. The fourth-order valence-corrected chi connectivity index (χ4v) is 5.70. The number of thioether (sulfide) groups is 1. The van der Waals surface area contributed by atoms with Gasteiger partial charge in [0.2, 0.25) is 5.91 Å². The number of carbonyl (C=O) groups is 1. The second-order valence-electron chi connectivity index (χ2n) is 7.14. The standard InChI is InChI=1S/C18H22N4O3S2/c23-16(19-15-8-9-27(24,25)12-15)11-26-18-21-20-17(14-6-7-14)22(18)10-13-4-2-1-3-5-13/h1-5,14-15H,6-12H2,(H,19,23). The normalized spacial score (nSPS) is 21.3. The predicted octanol–water partition coefficient (Wildman–Crippen LogP) is 1.60. The Hall–Kier alpha value is -1.87. The van der Waals surface area contributed by atoms with Crippen LogP contribution in [0.5, 0.6) is 0 Å². The Labute approximate surface area is 162 Å². The van der Waals surface area contributed by atoms with Gasteiger partial charge < -0.3 is 9.88 Å². The molecule has 1 aromatic carbocycles. The Morgan fingerprint density at radius 3 is 2.63 bits per heavy atom. The number of hydrogen-bond donors (Lipinski definition) is 1. The SMILES string of the molecule is O=C(CSc1nnc(C2CC2)n1Cc1ccccc1)NC1CCS(=O)(=O)C1. The predicted molar refractivity (Wildman–Crippen MR) is 103 cm³/mol. The molecule has 144 valence electrons. The first kappa shape index (κ1) is 18.5. The zero-order valence-electron chi connectivity index (χ0n) is 14.9. The molecule has 1 unspecified atom stereocenters. The van der Waals surface area contributed by atoms with Crippen molar-refractivity contribution in [1.82, 2.24) is 20.1 Å². The molecule has 2 fully saturated rings. The molecular weight excluding hydrogens is 384 g/mol. The summed E-state index contributed by atoms with van der Waals surface area (Å²) in [5.74, 6) is 1.69. The zero-order valence-corrected chi connectivity index (χ0v) is 16.5. The van der Waals surface area contributed by atoms with E-state index in [2.05, 4.69) is 32.2 Å². The minimum Gasteiger partial charge on any atom is -0.352 e. The first-order valence-electron chi connectivity index (χ1n) is 9.10. The highest BCUT2D eigenvalue weighted by Gasteiger charge is 2.31. The maximum Gasteiger partial charge on any atom is 0.230 e. The molecule has 1 saturated carbocycles. The van der Waals surface area contributed by atoms with E-state index in [1.54, 1.807) is 0 Å². The van der Waals surface area contributed by atoms with E-state index in [1.165, 1.54) is 17.3 Å². The fourth-order valence-electron chi connectivity index (χ4n) is 3.27. The average Bonchev–Trinajstić information content (AvgIpc) is 3.32. The van der Waals surface area contributed by atoms with Gasteiger partial charge in [-0.2, -0.15) is 0 Å². The quantitative estimate of drug-likeness (QED) is 0.702. The second-order valence-corrected chi connectivity index (χ2v) is 10.3. The first-order chi connectivity index (χ1) is 13.0. The summed E-state index contributed by atoms with van der Waals surface area (Å²) in [5.41, 5.74) is 1.17. The van der Waals surface area contributed by atoms with Gasteiger partial charge in [0.1, 0.15) is 5.82 Å². The van der Waals surface area contributed by atoms with E-state index in [9.17, 15) is 13.2 Å². The van der Waals surface area contributed by atoms with Crippen molar-refractivity contribution in [3.05, 3.63) is 41.7 Å². The summed E-state index contributed by atoms with van der Waals surface area (Å²) in [4.78, 5) is 12.2. The number of aromatic nitrogens is 3. The Morgan fingerprint density at radius 1 is 1.19 bits per heavy atom. The lowest BCUT2D eigenvalue weighted by molar-refractivity contribution is -0.119. The van der Waals surface area contributed by atoms with Crippen LogP contribution in [-0.4, -0.2) is 52.4 Å². The van der Waals surface area contributed by atoms with E-state index in [0.29, 0.717) is 18.9 Å². The molecule has 0 radical (unpaired) electrons. The van der Waals surface area contributed by atoms with E-state index >= 15 is 0 Å². The Morgan fingerprint density at radius 2 is 1.96 bits per heavy atom. The highest BCUT2D eigenvalue weighted by Crippen LogP contribution is 2.40. The lowest BCUT2D eigenvalue weighted by atomic mass is 10.2. The third-order valence-corrected chi connectivity index (χ3v) is 7.54. The van der Waals surface area contributed by atoms with Crippen molar-refractivity contribution in [2.45, 2.75) is 42.9 Å². The Bertz CT molecular complexity index is 923. The van der Waals surface area contributed by atoms with Crippen LogP contribution >= 0.6 is 11.8 Å². The summed E-state index contributed by atoms with van der Waals surface area (Å²) in [7, 11) is -3.00. The van der Waals surface area contributed by atoms with Gasteiger partial charge in [0, 0.05) is 12.0 Å². The molecule has 1 aliphatic carbocycles. The van der Waals surface area contributed by atoms with Crippen molar-refractivity contribution in [3.8, 4) is 0 Å². The molecule has 0 bridgehead atoms. The number of nitrogens with zero attached hydrogens (tertiary/aromatic N) is 3. The molecular formula is C18H22N4O3S2. The lowest BCUT2D eigenvalue weighted by Gasteiger charge is -2.12. The van der Waals surface area contributed by atoms with Crippen molar-refractivity contribution in [3.63, 3.8) is 0 Å². The molecule has 1 amide bonds. The van der Waals surface area contributed by atoms with Crippen molar-refractivity contribution in [2.24, 2.45) is 0 Å². The molecule has 2 aromatic rings. The molecule has 1 atom stereocenters. The molecule has 2 aliphatic rings. The van der Waals surface area contributed by atoms with Crippen LogP contribution in [0.2, 0.25) is 0 Å². The van der Waals surface area contributed by atoms with Crippen LogP contribution < -0.4 is 5.32 Å². The molecule has 7 nitrogen and oxygen atoms in total. The lowest BCUT2D eigenvalue weighted by Crippen LogP contribution is -2.36. The third kappa shape index (κ3) is 4.70. The second kappa shape index (κ2) is 7.63. The maximum absolute atomic E-state index is 12.2. The molecule has 1 aromatic heterocycles. The third-order valence-electron chi connectivity index (χ3n) is 4.80. The molecule has 1 saturated heterocycles. The Kier molecular flexibility index (Phi) is 5.23. The average molecular weight is 407 g/mol. The molecule has 2 heterocycles. The molecule has 1 aliphatic heterocycles. The van der Waals surface area contributed by atoms with Gasteiger partial charge in [0.25, 0.3) is 0 Å². The Balaban J connectivity index is 1.40. The number of hydrogen-bond acceptors (Lipinski definition) is 6. The number of amides is 1. The van der Waals surface area contributed by atoms with Gasteiger partial charge in [-0.15, -0.1) is 10.2 Å². The number of carbonyl (C=O) groups excluding carboxylic acids is 1. The molecule has 9 heteroatoms. The van der Waals surface area contributed by atoms with Crippen LogP contribution in [0, 0.1) is 0 Å². The zero-order chi connectivity index (χ0) is 18.9. The molecule has 0 spiro atoms. The van der Waals surface area contributed by atoms with Crippen LogP contribution in [-0.2, 0) is 21.2 Å². The molecule has 27 heavy (non-hydrogen) atoms. The van der Waals surface area contributed by atoms with Crippen LogP contribution in [0.3, 0.4) is 0 Å². The van der Waals surface area contributed by atoms with Gasteiger partial charge in [0.15, 0.2) is 15.0 Å². The number of sulfone groups is 1. The van der Waals surface area contributed by atoms with E-state index in [0.717, 1.165) is 23.8 Å². The highest BCUT2D eigenvalue weighted by atomic mass is 32.2. The van der Waals surface area contributed by atoms with Gasteiger partial charge >= 0.3 is 0 Å². The van der Waals surface area contributed by atoms with Crippen LogP contribution in [0.15, 0.2) is 35.5 Å². The van der Waals surface area contributed by atoms with Gasteiger partial charge in [-0.05, 0) is 24.8 Å². The van der Waals surface area contributed by atoms with E-state index in [1.807, 2.05) is 18.2 Å². The van der Waals surface area contributed by atoms with Crippen molar-refractivity contribution >= 4 is 27.5 Å². The topological polar surface area (TPSA) is 93.9 Å². The molecule has 4 rings (SSSR count). The van der Waals surface area contributed by atoms with Gasteiger partial charge in [0.05, 0.1) is 23.8 Å². The summed E-state index contributed by atoms with van der Waals surface area (Å²) in [6.45, 7) is 0.685. The van der Waals surface area contributed by atoms with Crippen LogP contribution in [0.4, 0.5) is 0 Å². The van der Waals surface area contributed by atoms with Crippen molar-refractivity contribution in [2.75, 3.05) is 17.3 Å². The number of benzene rings is 1. The van der Waals surface area contributed by atoms with E-state index in [4.69, 9.17) is 0 Å². The van der Waals surface area contributed by atoms with Gasteiger partial charge in [-0.1, -0.05) is 42.1 Å². The smallest absolute Gasteiger partial charge is 0.230 e. The van der Waals surface area contributed by atoms with E-state index in [-0.39, 0.29) is 29.2 Å². The number of rotatable bonds is 7. The van der Waals surface area contributed by atoms with Crippen molar-refractivity contribution < 1.29 is 13.2 Å². The summed E-state index contributed by atoms with van der Waals surface area (Å²) in [6, 6.07) is 9.86. The summed E-state index contributed by atoms with van der Waals surface area (Å²) in [5, 5.41) is 12.2. The van der Waals surface area contributed by atoms with E-state index < -0.39 is 9.84 Å². The van der Waals surface area contributed by atoms with Crippen LogP contribution in [0.1, 0.15) is 36.6 Å². The van der Waals surface area contributed by atoms with Crippen molar-refractivity contribution in [1.29, 1.82) is 0 Å². The number of nitrogens with one attached hydrogen (secondary N) is 1. The summed E-state index contributed by atoms with van der Waals surface area (Å²) >= 11 is 1.35. The largest absolute Gasteiger partial charge is 0.352 e. The highest BCUT2D eigenvalue weighted by molar-refractivity contribution is 7.99. The van der Waals surface area contributed by atoms with Crippen LogP contribution in [0.25, 0.3) is 0 Å². The maximum atomic E-state index is 12.2. The minimum atomic E-state index is -3.00. The summed E-state index contributed by atoms with van der Waals surface area (Å²) < 4.78 is 25.1. The monoisotopic (exact) mass is 406 g/mol. The van der Waals surface area contributed by atoms with Gasteiger partial charge in [-0.25, -0.2) is 8.42 Å². The first-order valence-corrected chi connectivity index (χ1v) is 11.9. The fraction of sp³-hybridized carbons (Fsp3) is 0.500.